The lowest BCUT2D eigenvalue weighted by atomic mass is 9.95. The highest BCUT2D eigenvalue weighted by Gasteiger charge is 2.42. The van der Waals surface area contributed by atoms with Gasteiger partial charge in [-0.2, -0.15) is 0 Å². The summed E-state index contributed by atoms with van der Waals surface area (Å²) in [4.78, 5) is 43.9. The molecule has 2 fully saturated rings. The van der Waals surface area contributed by atoms with E-state index in [0.717, 1.165) is 67.1 Å². The summed E-state index contributed by atoms with van der Waals surface area (Å²) in [5.41, 5.74) is 8.72. The third-order valence-corrected chi connectivity index (χ3v) is 14.1. The van der Waals surface area contributed by atoms with Crippen LogP contribution in [0.5, 0.6) is 0 Å². The topological polar surface area (TPSA) is 82.9 Å². The minimum atomic E-state index is -1.14. The molecule has 1 aromatic heterocycles. The van der Waals surface area contributed by atoms with Gasteiger partial charge in [0, 0.05) is 29.9 Å². The summed E-state index contributed by atoms with van der Waals surface area (Å²) in [6.07, 6.45) is 14.0. The van der Waals surface area contributed by atoms with Crippen molar-refractivity contribution in [1.29, 1.82) is 0 Å². The standard InChI is InChI=1S/C48H47N3O4S3/c1-2-3-4-5-6-13-27-49-46(55)44(58-48(49)56)47-50(31-43(52)53)45(54)42(57-47)30-33-23-26-41-39(29-33)37-19-14-20-40(37)51(41)36-24-21-32(22-25-36)28-38(34-15-9-7-10-16-34)35-17-11-8-12-18-35/h7-12,15-18,21-26,28-30,37,40H,2-6,13-14,19-20,27,31H2,1H3,(H,52,53)/b42-30-,47-44+/t37-,40+/m1/s1. The van der Waals surface area contributed by atoms with Crippen molar-refractivity contribution in [2.75, 3.05) is 11.4 Å². The van der Waals surface area contributed by atoms with E-state index in [9.17, 15) is 19.5 Å². The molecule has 8 rings (SSSR count). The van der Waals surface area contributed by atoms with Crippen LogP contribution in [-0.4, -0.2) is 43.4 Å². The number of thiocarbonyl (C=S) groups is 1. The molecule has 1 N–H and O–H groups in total. The van der Waals surface area contributed by atoms with E-state index in [1.165, 1.54) is 63.1 Å². The first-order valence-corrected chi connectivity index (χ1v) is 22.4. The number of nitrogens with zero attached hydrogens (tertiary/aromatic N) is 3. The predicted octanol–water partition coefficient (Wildman–Crippen LogP) is 9.53. The number of unbranched alkanes of at least 4 members (excludes halogenated alkanes) is 5. The molecule has 4 aromatic carbocycles. The van der Waals surface area contributed by atoms with Crippen molar-refractivity contribution in [2.45, 2.75) is 83.2 Å². The van der Waals surface area contributed by atoms with Crippen molar-refractivity contribution < 1.29 is 14.7 Å². The number of hydrogen-bond donors (Lipinski definition) is 1. The van der Waals surface area contributed by atoms with Crippen LogP contribution in [0.2, 0.25) is 0 Å². The van der Waals surface area contributed by atoms with Crippen molar-refractivity contribution in [3.63, 3.8) is 0 Å². The number of benzene rings is 4. The smallest absolute Gasteiger partial charge is 0.323 e. The van der Waals surface area contributed by atoms with Crippen LogP contribution in [0.3, 0.4) is 0 Å². The van der Waals surface area contributed by atoms with E-state index in [2.05, 4.69) is 103 Å². The van der Waals surface area contributed by atoms with Crippen molar-refractivity contribution >= 4 is 85.5 Å². The summed E-state index contributed by atoms with van der Waals surface area (Å²) in [7, 11) is 0. The molecular formula is C48H47N3O4S3. The molecule has 3 heterocycles. The Morgan fingerprint density at radius 3 is 2.21 bits per heavy atom. The lowest BCUT2D eigenvalue weighted by Crippen LogP contribution is -2.35. The van der Waals surface area contributed by atoms with Crippen LogP contribution in [0.4, 0.5) is 11.4 Å². The monoisotopic (exact) mass is 825 g/mol. The van der Waals surface area contributed by atoms with Gasteiger partial charge in [0.25, 0.3) is 11.5 Å². The summed E-state index contributed by atoms with van der Waals surface area (Å²) in [6.45, 7) is 2.18. The molecule has 2 atom stereocenters. The number of thiazole rings is 1. The summed E-state index contributed by atoms with van der Waals surface area (Å²) in [6, 6.07) is 36.6. The molecule has 7 nitrogen and oxygen atoms in total. The molecule has 5 aromatic rings. The lowest BCUT2D eigenvalue weighted by Gasteiger charge is -2.27. The SMILES string of the molecule is CCCCCCCCN1C(=O)/C(=c2\s/c(=C\c3ccc4c(c3)[C@H]3CCC[C@@H]3N4c3ccc(C=C(c4ccccc4)c4ccccc4)cc3)c(=O)n2CC(=O)O)SC1=S. The predicted molar refractivity (Wildman–Crippen MR) is 243 cm³/mol. The van der Waals surface area contributed by atoms with Gasteiger partial charge in [0.2, 0.25) is 0 Å². The number of anilines is 2. The Hall–Kier alpha value is -5.03. The molecule has 3 aliphatic rings. The van der Waals surface area contributed by atoms with Gasteiger partial charge in [-0.3, -0.25) is 23.9 Å². The number of thioether (sulfide) groups is 1. The van der Waals surface area contributed by atoms with E-state index in [4.69, 9.17) is 12.2 Å². The molecule has 0 radical (unpaired) electrons. The van der Waals surface area contributed by atoms with Gasteiger partial charge in [0.15, 0.2) is 0 Å². The van der Waals surface area contributed by atoms with Gasteiger partial charge in [-0.15, -0.1) is 11.3 Å². The molecular weight excluding hydrogens is 779 g/mol. The van der Waals surface area contributed by atoms with E-state index >= 15 is 0 Å². The van der Waals surface area contributed by atoms with Crippen molar-refractivity contribution in [2.24, 2.45) is 0 Å². The number of aromatic nitrogens is 1. The van der Waals surface area contributed by atoms with Gasteiger partial charge in [0.05, 0.1) is 4.53 Å². The second kappa shape index (κ2) is 17.9. The fourth-order valence-electron chi connectivity index (χ4n) is 8.66. The first-order valence-electron chi connectivity index (χ1n) is 20.4. The number of aliphatic carboxylic acids is 1. The number of carboxylic acids is 1. The first kappa shape index (κ1) is 39.8. The molecule has 1 saturated carbocycles. The number of hydrogen-bond acceptors (Lipinski definition) is 7. The van der Waals surface area contributed by atoms with E-state index < -0.39 is 18.1 Å². The van der Waals surface area contributed by atoms with Crippen LogP contribution in [0.25, 0.3) is 22.6 Å². The van der Waals surface area contributed by atoms with Gasteiger partial charge < -0.3 is 10.0 Å². The van der Waals surface area contributed by atoms with E-state index in [0.29, 0.717) is 36.9 Å². The summed E-state index contributed by atoms with van der Waals surface area (Å²) in [5.74, 6) is -1.02. The highest BCUT2D eigenvalue weighted by Crippen LogP contribution is 2.52. The maximum absolute atomic E-state index is 13.8. The van der Waals surface area contributed by atoms with Crippen LogP contribution in [0.1, 0.15) is 98.4 Å². The molecule has 0 bridgehead atoms. The Labute approximate surface area is 353 Å². The van der Waals surface area contributed by atoms with Crippen molar-refractivity contribution in [3.8, 4) is 0 Å². The second-order valence-electron chi connectivity index (χ2n) is 15.3. The molecule has 2 aliphatic heterocycles. The lowest BCUT2D eigenvalue weighted by molar-refractivity contribution is -0.137. The Morgan fingerprint density at radius 2 is 1.52 bits per heavy atom. The Morgan fingerprint density at radius 1 is 0.845 bits per heavy atom. The van der Waals surface area contributed by atoms with Gasteiger partial charge in [-0.05, 0) is 89.1 Å². The molecule has 296 valence electrons. The molecule has 58 heavy (non-hydrogen) atoms. The van der Waals surface area contributed by atoms with Crippen LogP contribution in [-0.2, 0) is 16.1 Å². The molecule has 0 unspecified atom stereocenters. The maximum Gasteiger partial charge on any atom is 0.323 e. The summed E-state index contributed by atoms with van der Waals surface area (Å²) in [5, 5.41) is 9.78. The van der Waals surface area contributed by atoms with E-state index in [1.54, 1.807) is 4.90 Å². The number of amides is 1. The average Bonchev–Trinajstić information content (AvgIpc) is 3.98. The van der Waals surface area contributed by atoms with E-state index in [1.807, 2.05) is 24.3 Å². The average molecular weight is 826 g/mol. The normalized spacial score (nSPS) is 18.5. The fourth-order valence-corrected chi connectivity index (χ4v) is 11.2. The Balaban J connectivity index is 1.09. The minimum absolute atomic E-state index is 0.253. The molecule has 1 amide bonds. The zero-order chi connectivity index (χ0) is 40.2. The van der Waals surface area contributed by atoms with Gasteiger partial charge in [0.1, 0.15) is 20.4 Å². The van der Waals surface area contributed by atoms with Crippen LogP contribution >= 0.6 is 35.3 Å². The molecule has 0 spiro atoms. The first-order chi connectivity index (χ1) is 28.3. The van der Waals surface area contributed by atoms with Crippen molar-refractivity contribution in [3.05, 3.63) is 150 Å². The second-order valence-corrected chi connectivity index (χ2v) is 18.0. The number of carbonyl (C=O) groups excluding carboxylic acids is 1. The van der Waals surface area contributed by atoms with Gasteiger partial charge in [-0.1, -0.05) is 148 Å². The van der Waals surface area contributed by atoms with E-state index in [-0.39, 0.29) is 5.91 Å². The largest absolute Gasteiger partial charge is 0.480 e. The minimum Gasteiger partial charge on any atom is -0.480 e. The highest BCUT2D eigenvalue weighted by molar-refractivity contribution is 8.30. The molecule has 10 heteroatoms. The molecule has 1 saturated heterocycles. The number of rotatable bonds is 14. The zero-order valence-corrected chi connectivity index (χ0v) is 35.1. The Kier molecular flexibility index (Phi) is 12.2. The zero-order valence-electron chi connectivity index (χ0n) is 32.6. The number of carbonyl (C=O) groups is 2. The van der Waals surface area contributed by atoms with Gasteiger partial charge in [-0.25, -0.2) is 0 Å². The van der Waals surface area contributed by atoms with Crippen molar-refractivity contribution in [1.82, 2.24) is 9.47 Å². The Bertz CT molecular complexity index is 2500. The number of fused-ring (bicyclic) bond motifs is 3. The summed E-state index contributed by atoms with van der Waals surface area (Å²) >= 11 is 7.94. The third kappa shape index (κ3) is 8.28. The quantitative estimate of drug-likeness (QED) is 0.0679. The third-order valence-electron chi connectivity index (χ3n) is 11.5. The van der Waals surface area contributed by atoms with Crippen LogP contribution < -0.4 is 19.7 Å². The van der Waals surface area contributed by atoms with Crippen LogP contribution in [0.15, 0.2) is 108 Å². The maximum atomic E-state index is 13.8. The fraction of sp³-hybridized carbons (Fsp3) is 0.292. The number of carboxylic acid groups (broad SMARTS) is 1. The molecule has 1 aliphatic carbocycles. The van der Waals surface area contributed by atoms with Gasteiger partial charge >= 0.3 is 5.97 Å². The van der Waals surface area contributed by atoms with Crippen LogP contribution in [0, 0.1) is 0 Å². The highest BCUT2D eigenvalue weighted by atomic mass is 32.2. The summed E-state index contributed by atoms with van der Waals surface area (Å²) < 4.78 is 2.41.